The van der Waals surface area contributed by atoms with E-state index in [-0.39, 0.29) is 0 Å². The predicted octanol–water partition coefficient (Wildman–Crippen LogP) is 3.76. The molecule has 1 N–H and O–H groups in total. The molecule has 1 saturated heterocycles. The van der Waals surface area contributed by atoms with Gasteiger partial charge >= 0.3 is 0 Å². The minimum Gasteiger partial charge on any atom is -0.316 e. The Bertz CT molecular complexity index is 285. The molecule has 2 rings (SSSR count). The van der Waals surface area contributed by atoms with Crippen molar-refractivity contribution in [1.82, 2.24) is 10.2 Å². The topological polar surface area (TPSA) is 15.3 Å². The van der Waals surface area contributed by atoms with Crippen LogP contribution in [0.2, 0.25) is 0 Å². The Kier molecular flexibility index (Phi) is 6.25. The van der Waals surface area contributed by atoms with Crippen LogP contribution in [0.1, 0.15) is 59.3 Å². The number of hydrogen-bond acceptors (Lipinski definition) is 3. The van der Waals surface area contributed by atoms with E-state index in [0.717, 1.165) is 0 Å². The molecule has 0 unspecified atom stereocenters. The maximum absolute atomic E-state index is 3.72. The molecule has 0 atom stereocenters. The summed E-state index contributed by atoms with van der Waals surface area (Å²) in [5.41, 5.74) is 0.561. The molecule has 0 bridgehead atoms. The predicted molar refractivity (Wildman–Crippen MR) is 91.7 cm³/mol. The fourth-order valence-electron chi connectivity index (χ4n) is 3.95. The van der Waals surface area contributed by atoms with Gasteiger partial charge in [-0.15, -0.1) is 0 Å². The van der Waals surface area contributed by atoms with Crippen molar-refractivity contribution in [3.63, 3.8) is 0 Å². The van der Waals surface area contributed by atoms with Gasteiger partial charge in [-0.25, -0.2) is 0 Å². The minimum absolute atomic E-state index is 0.449. The third-order valence-electron chi connectivity index (χ3n) is 4.90. The molecule has 0 amide bonds. The van der Waals surface area contributed by atoms with Gasteiger partial charge in [0.2, 0.25) is 0 Å². The van der Waals surface area contributed by atoms with Gasteiger partial charge in [0.15, 0.2) is 0 Å². The standard InChI is InChI=1S/C17H34N2S/c1-4-10-18-13-17(8-6-5-7-9-17)15-19-11-12-20-16(2,3)14-19/h18H,4-15H2,1-3H3. The van der Waals surface area contributed by atoms with Crippen LogP contribution < -0.4 is 5.32 Å². The van der Waals surface area contributed by atoms with Crippen molar-refractivity contribution in [2.75, 3.05) is 38.5 Å². The Labute approximate surface area is 130 Å². The summed E-state index contributed by atoms with van der Waals surface area (Å²) in [7, 11) is 0. The van der Waals surface area contributed by atoms with Crippen molar-refractivity contribution in [3.05, 3.63) is 0 Å². The van der Waals surface area contributed by atoms with E-state index in [2.05, 4.69) is 42.7 Å². The largest absolute Gasteiger partial charge is 0.316 e. The van der Waals surface area contributed by atoms with Crippen molar-refractivity contribution in [1.29, 1.82) is 0 Å². The first-order valence-electron chi connectivity index (χ1n) is 8.62. The monoisotopic (exact) mass is 298 g/mol. The maximum Gasteiger partial charge on any atom is 0.0231 e. The number of hydrogen-bond donors (Lipinski definition) is 1. The van der Waals surface area contributed by atoms with Crippen LogP contribution in [0, 0.1) is 5.41 Å². The average molecular weight is 299 g/mol. The molecule has 1 heterocycles. The molecule has 1 aliphatic carbocycles. The van der Waals surface area contributed by atoms with E-state index in [0.29, 0.717) is 10.2 Å². The average Bonchev–Trinajstić information content (AvgIpc) is 2.39. The smallest absolute Gasteiger partial charge is 0.0231 e. The second-order valence-corrected chi connectivity index (χ2v) is 9.36. The fourth-order valence-corrected chi connectivity index (χ4v) is 5.12. The van der Waals surface area contributed by atoms with Gasteiger partial charge < -0.3 is 10.2 Å². The van der Waals surface area contributed by atoms with Crippen LogP contribution in [0.15, 0.2) is 0 Å². The van der Waals surface area contributed by atoms with Crippen LogP contribution in [0.4, 0.5) is 0 Å². The highest BCUT2D eigenvalue weighted by atomic mass is 32.2. The molecule has 0 aromatic rings. The minimum atomic E-state index is 0.449. The zero-order chi connectivity index (χ0) is 14.5. The first-order valence-corrected chi connectivity index (χ1v) is 9.61. The highest BCUT2D eigenvalue weighted by molar-refractivity contribution is 8.00. The van der Waals surface area contributed by atoms with Gasteiger partial charge in [-0.1, -0.05) is 26.2 Å². The molecule has 0 aromatic carbocycles. The number of nitrogens with zero attached hydrogens (tertiary/aromatic N) is 1. The van der Waals surface area contributed by atoms with Gasteiger partial charge in [0.1, 0.15) is 0 Å². The Morgan fingerprint density at radius 3 is 2.55 bits per heavy atom. The first kappa shape index (κ1) is 16.6. The molecule has 118 valence electrons. The number of rotatable bonds is 6. The van der Waals surface area contributed by atoms with Crippen LogP contribution in [-0.2, 0) is 0 Å². The lowest BCUT2D eigenvalue weighted by atomic mass is 9.73. The molecule has 20 heavy (non-hydrogen) atoms. The molecule has 2 aliphatic rings. The molecule has 0 spiro atoms. The second kappa shape index (κ2) is 7.51. The summed E-state index contributed by atoms with van der Waals surface area (Å²) in [5, 5.41) is 3.72. The summed E-state index contributed by atoms with van der Waals surface area (Å²) < 4.78 is 0.449. The second-order valence-electron chi connectivity index (χ2n) is 7.56. The van der Waals surface area contributed by atoms with Crippen LogP contribution in [0.3, 0.4) is 0 Å². The van der Waals surface area contributed by atoms with Crippen LogP contribution in [0.5, 0.6) is 0 Å². The first-order chi connectivity index (χ1) is 9.55. The van der Waals surface area contributed by atoms with E-state index in [9.17, 15) is 0 Å². The van der Waals surface area contributed by atoms with Crippen molar-refractivity contribution in [2.24, 2.45) is 5.41 Å². The van der Waals surface area contributed by atoms with Gasteiger partial charge in [-0.05, 0) is 45.1 Å². The molecular formula is C17H34N2S. The van der Waals surface area contributed by atoms with Gasteiger partial charge in [-0.2, -0.15) is 11.8 Å². The highest BCUT2D eigenvalue weighted by Gasteiger charge is 2.36. The van der Waals surface area contributed by atoms with Crippen molar-refractivity contribution >= 4 is 11.8 Å². The Hall–Kier alpha value is 0.270. The Morgan fingerprint density at radius 1 is 1.15 bits per heavy atom. The molecule has 1 aliphatic heterocycles. The van der Waals surface area contributed by atoms with Gasteiger partial charge in [0.05, 0.1) is 0 Å². The Morgan fingerprint density at radius 2 is 1.90 bits per heavy atom. The van der Waals surface area contributed by atoms with E-state index in [4.69, 9.17) is 0 Å². The number of nitrogens with one attached hydrogen (secondary N) is 1. The summed E-state index contributed by atoms with van der Waals surface area (Å²) in [6.45, 7) is 13.4. The third-order valence-corrected chi connectivity index (χ3v) is 6.20. The lowest BCUT2D eigenvalue weighted by molar-refractivity contribution is 0.0991. The van der Waals surface area contributed by atoms with Crippen LogP contribution >= 0.6 is 11.8 Å². The molecule has 3 heteroatoms. The molecule has 2 fully saturated rings. The van der Waals surface area contributed by atoms with Crippen molar-refractivity contribution < 1.29 is 0 Å². The van der Waals surface area contributed by atoms with Crippen LogP contribution in [0.25, 0.3) is 0 Å². The normalized spacial score (nSPS) is 26.6. The van der Waals surface area contributed by atoms with Crippen molar-refractivity contribution in [3.8, 4) is 0 Å². The molecule has 1 saturated carbocycles. The summed E-state index contributed by atoms with van der Waals surface area (Å²) in [5.74, 6) is 1.31. The molecule has 0 aromatic heterocycles. The molecular weight excluding hydrogens is 264 g/mol. The van der Waals surface area contributed by atoms with E-state index in [1.165, 1.54) is 77.0 Å². The zero-order valence-corrected chi connectivity index (χ0v) is 14.7. The van der Waals surface area contributed by atoms with Crippen molar-refractivity contribution in [2.45, 2.75) is 64.0 Å². The van der Waals surface area contributed by atoms with E-state index >= 15 is 0 Å². The van der Waals surface area contributed by atoms with Gasteiger partial charge in [0.25, 0.3) is 0 Å². The molecule has 0 radical (unpaired) electrons. The fraction of sp³-hybridized carbons (Fsp3) is 1.00. The van der Waals surface area contributed by atoms with E-state index < -0.39 is 0 Å². The Balaban J connectivity index is 1.92. The molecule has 2 nitrogen and oxygen atoms in total. The SMILES string of the molecule is CCCNCC1(CN2CCSC(C)(C)C2)CCCCC1. The van der Waals surface area contributed by atoms with E-state index in [1.807, 2.05) is 0 Å². The van der Waals surface area contributed by atoms with Gasteiger partial charge in [0, 0.05) is 36.7 Å². The number of thioether (sulfide) groups is 1. The summed E-state index contributed by atoms with van der Waals surface area (Å²) in [6.07, 6.45) is 8.47. The quantitative estimate of drug-likeness (QED) is 0.752. The van der Waals surface area contributed by atoms with Gasteiger partial charge in [-0.3, -0.25) is 0 Å². The third kappa shape index (κ3) is 4.92. The zero-order valence-electron chi connectivity index (χ0n) is 13.8. The van der Waals surface area contributed by atoms with Crippen LogP contribution in [-0.4, -0.2) is 48.1 Å². The summed E-state index contributed by atoms with van der Waals surface area (Å²) in [4.78, 5) is 2.76. The van der Waals surface area contributed by atoms with E-state index in [1.54, 1.807) is 0 Å². The lowest BCUT2D eigenvalue weighted by Crippen LogP contribution is -2.51. The summed E-state index contributed by atoms with van der Waals surface area (Å²) >= 11 is 2.15. The highest BCUT2D eigenvalue weighted by Crippen LogP contribution is 2.38. The maximum atomic E-state index is 3.72. The lowest BCUT2D eigenvalue weighted by Gasteiger charge is -2.45. The summed E-state index contributed by atoms with van der Waals surface area (Å²) in [6, 6.07) is 0.